The van der Waals surface area contributed by atoms with E-state index in [1.54, 1.807) is 6.07 Å². The van der Waals surface area contributed by atoms with Gasteiger partial charge in [-0.3, -0.25) is 4.79 Å². The lowest BCUT2D eigenvalue weighted by Gasteiger charge is -2.09. The molecule has 1 heterocycles. The molecule has 0 aliphatic carbocycles. The van der Waals surface area contributed by atoms with Gasteiger partial charge in [0.1, 0.15) is 0 Å². The maximum Gasteiger partial charge on any atom is 0.416 e. The summed E-state index contributed by atoms with van der Waals surface area (Å²) in [5.74, 6) is 0.320. The van der Waals surface area contributed by atoms with Crippen LogP contribution in [0.5, 0.6) is 0 Å². The highest BCUT2D eigenvalue weighted by molar-refractivity contribution is 7.98. The van der Waals surface area contributed by atoms with Gasteiger partial charge in [-0.25, -0.2) is 0 Å². The van der Waals surface area contributed by atoms with Crippen molar-refractivity contribution in [1.29, 1.82) is 0 Å². The Morgan fingerprint density at radius 3 is 2.53 bits per heavy atom. The molecule has 1 amide bonds. The highest BCUT2D eigenvalue weighted by Crippen LogP contribution is 2.34. The number of nitrogens with one attached hydrogen (secondary N) is 1. The van der Waals surface area contributed by atoms with Crippen LogP contribution < -0.4 is 5.32 Å². The number of aromatic nitrogens is 1. The predicted octanol–water partition coefficient (Wildman–Crippen LogP) is 7.00. The summed E-state index contributed by atoms with van der Waals surface area (Å²) < 4.78 is 41.1. The number of fused-ring (bicyclic) bond motifs is 1. The lowest BCUT2D eigenvalue weighted by molar-refractivity contribution is -0.137. The minimum atomic E-state index is -4.35. The van der Waals surface area contributed by atoms with Gasteiger partial charge in [0.15, 0.2) is 0 Å². The van der Waals surface area contributed by atoms with E-state index >= 15 is 0 Å². The fourth-order valence-electron chi connectivity index (χ4n) is 3.79. The Labute approximate surface area is 201 Å². The van der Waals surface area contributed by atoms with Gasteiger partial charge in [-0.2, -0.15) is 13.2 Å². The molecule has 4 rings (SSSR count). The van der Waals surface area contributed by atoms with Crippen molar-refractivity contribution in [2.75, 3.05) is 6.54 Å². The van der Waals surface area contributed by atoms with Crippen molar-refractivity contribution < 1.29 is 18.0 Å². The third kappa shape index (κ3) is 5.47. The average Bonchev–Trinajstić information content (AvgIpc) is 3.17. The smallest absolute Gasteiger partial charge is 0.350 e. The second kappa shape index (κ2) is 9.97. The molecule has 0 aliphatic heterocycles. The molecular weight excluding hydrogens is 457 g/mol. The molecule has 0 radical (unpaired) electrons. The number of alkyl halides is 3. The Bertz CT molecular complexity index is 1330. The monoisotopic (exact) mass is 482 g/mol. The number of carbonyl (C=O) groups is 1. The average molecular weight is 483 g/mol. The van der Waals surface area contributed by atoms with Crippen LogP contribution in [0.25, 0.3) is 10.9 Å². The highest BCUT2D eigenvalue weighted by atomic mass is 32.2. The maximum atomic E-state index is 13.0. The van der Waals surface area contributed by atoms with E-state index in [9.17, 15) is 18.0 Å². The van der Waals surface area contributed by atoms with Crippen molar-refractivity contribution in [1.82, 2.24) is 9.88 Å². The molecule has 0 fully saturated rings. The first-order valence-corrected chi connectivity index (χ1v) is 11.9. The molecular formula is C27H25F3N2OS. The topological polar surface area (TPSA) is 34.0 Å². The van der Waals surface area contributed by atoms with Crippen LogP contribution >= 0.6 is 11.8 Å². The third-order valence-electron chi connectivity index (χ3n) is 5.81. The molecule has 0 aliphatic rings. The number of thioether (sulfide) groups is 1. The minimum Gasteiger partial charge on any atom is -0.350 e. The summed E-state index contributed by atoms with van der Waals surface area (Å²) in [5.41, 5.74) is 3.87. The molecule has 7 heteroatoms. The van der Waals surface area contributed by atoms with Crippen molar-refractivity contribution >= 4 is 28.6 Å². The van der Waals surface area contributed by atoms with Gasteiger partial charge >= 0.3 is 6.18 Å². The van der Waals surface area contributed by atoms with Crippen LogP contribution in [0.15, 0.2) is 77.8 Å². The molecule has 0 spiro atoms. The molecule has 1 N–H and O–H groups in total. The van der Waals surface area contributed by atoms with E-state index < -0.39 is 11.7 Å². The van der Waals surface area contributed by atoms with Crippen LogP contribution in [0.1, 0.15) is 32.6 Å². The fourth-order valence-corrected chi connectivity index (χ4v) is 4.82. The van der Waals surface area contributed by atoms with Crippen molar-refractivity contribution in [2.24, 2.45) is 0 Å². The first-order valence-electron chi connectivity index (χ1n) is 10.9. The van der Waals surface area contributed by atoms with Gasteiger partial charge in [0.05, 0.1) is 5.56 Å². The Morgan fingerprint density at radius 1 is 0.971 bits per heavy atom. The van der Waals surface area contributed by atoms with Gasteiger partial charge < -0.3 is 9.88 Å². The predicted molar refractivity (Wildman–Crippen MR) is 131 cm³/mol. The van der Waals surface area contributed by atoms with Crippen LogP contribution in [0.4, 0.5) is 13.2 Å². The minimum absolute atomic E-state index is 0.112. The summed E-state index contributed by atoms with van der Waals surface area (Å²) in [6, 6.07) is 19.0. The molecule has 0 atom stereocenters. The number of hydrogen-bond acceptors (Lipinski definition) is 2. The van der Waals surface area contributed by atoms with Gasteiger partial charge in [0.2, 0.25) is 0 Å². The highest BCUT2D eigenvalue weighted by Gasteiger charge is 2.30. The molecule has 3 aromatic carbocycles. The fraction of sp³-hybridized carbons (Fsp3) is 0.222. The van der Waals surface area contributed by atoms with Crippen molar-refractivity contribution in [2.45, 2.75) is 37.2 Å². The number of amides is 1. The quantitative estimate of drug-likeness (QED) is 0.288. The van der Waals surface area contributed by atoms with E-state index in [0.29, 0.717) is 30.0 Å². The van der Waals surface area contributed by atoms with Crippen LogP contribution in [0, 0.1) is 13.8 Å². The molecule has 0 unspecified atom stereocenters. The number of aryl methyl sites for hydroxylation is 2. The maximum absolute atomic E-state index is 13.0. The molecule has 1 aromatic heterocycles. The molecule has 176 valence electrons. The van der Waals surface area contributed by atoms with Gasteiger partial charge in [-0.05, 0) is 54.8 Å². The standard InChI is InChI=1S/C27H25F3N2OS/c1-18-10-11-21(14-19(18)2)26(33)31-12-13-32-16-25(23-8-3-4-9-24(23)32)34-17-20-6-5-7-22(15-20)27(28,29)30/h3-11,14-16H,12-13,17H2,1-2H3,(H,31,33). The number of halogens is 3. The van der Waals surface area contributed by atoms with Gasteiger partial charge in [0, 0.05) is 46.4 Å². The molecule has 3 nitrogen and oxygen atoms in total. The van der Waals surface area contributed by atoms with Crippen molar-refractivity contribution in [3.63, 3.8) is 0 Å². The van der Waals surface area contributed by atoms with Gasteiger partial charge in [-0.15, -0.1) is 11.8 Å². The summed E-state index contributed by atoms with van der Waals surface area (Å²) in [5, 5.41) is 4.01. The molecule has 0 saturated heterocycles. The van der Waals surface area contributed by atoms with Crippen molar-refractivity contribution in [3.05, 3.63) is 101 Å². The second-order valence-electron chi connectivity index (χ2n) is 8.25. The Morgan fingerprint density at radius 2 is 1.76 bits per heavy atom. The molecule has 0 saturated carbocycles. The zero-order valence-electron chi connectivity index (χ0n) is 18.9. The Hall–Kier alpha value is -3.19. The van der Waals surface area contributed by atoms with Gasteiger partial charge in [-0.1, -0.05) is 42.5 Å². The summed E-state index contributed by atoms with van der Waals surface area (Å²) in [4.78, 5) is 13.5. The SMILES string of the molecule is Cc1ccc(C(=O)NCCn2cc(SCc3cccc(C(F)(F)F)c3)c3ccccc32)cc1C. The lowest BCUT2D eigenvalue weighted by Crippen LogP contribution is -2.27. The Balaban J connectivity index is 1.44. The van der Waals surface area contributed by atoms with E-state index in [1.165, 1.54) is 23.9 Å². The van der Waals surface area contributed by atoms with E-state index in [4.69, 9.17) is 0 Å². The number of benzene rings is 3. The summed E-state index contributed by atoms with van der Waals surface area (Å²) in [6.45, 7) is 5.04. The van der Waals surface area contributed by atoms with Crippen LogP contribution in [0.3, 0.4) is 0 Å². The van der Waals surface area contributed by atoms with E-state index in [2.05, 4.69) is 9.88 Å². The van der Waals surface area contributed by atoms with Crippen LogP contribution in [-0.2, 0) is 18.5 Å². The largest absolute Gasteiger partial charge is 0.416 e. The summed E-state index contributed by atoms with van der Waals surface area (Å²) in [6.07, 6.45) is -2.34. The van der Waals surface area contributed by atoms with E-state index in [0.717, 1.165) is 33.0 Å². The first-order chi connectivity index (χ1) is 16.2. The van der Waals surface area contributed by atoms with Crippen molar-refractivity contribution in [3.8, 4) is 0 Å². The lowest BCUT2D eigenvalue weighted by atomic mass is 10.1. The number of carbonyl (C=O) groups excluding carboxylic acids is 1. The van der Waals surface area contributed by atoms with Crippen LogP contribution in [0.2, 0.25) is 0 Å². The number of rotatable bonds is 7. The molecule has 0 bridgehead atoms. The normalized spacial score (nSPS) is 11.7. The van der Waals surface area contributed by atoms with E-state index in [-0.39, 0.29) is 5.91 Å². The van der Waals surface area contributed by atoms with Gasteiger partial charge in [0.25, 0.3) is 5.91 Å². The molecule has 34 heavy (non-hydrogen) atoms. The first kappa shape index (κ1) is 24.0. The number of para-hydroxylation sites is 1. The zero-order chi connectivity index (χ0) is 24.3. The summed E-state index contributed by atoms with van der Waals surface area (Å²) >= 11 is 1.51. The second-order valence-corrected chi connectivity index (χ2v) is 9.26. The van der Waals surface area contributed by atoms with Crippen LogP contribution in [-0.4, -0.2) is 17.0 Å². The van der Waals surface area contributed by atoms with E-state index in [1.807, 2.05) is 62.5 Å². The molecule has 4 aromatic rings. The third-order valence-corrected chi connectivity index (χ3v) is 6.92. The Kier molecular flexibility index (Phi) is 7.03. The summed E-state index contributed by atoms with van der Waals surface area (Å²) in [7, 11) is 0. The zero-order valence-corrected chi connectivity index (χ0v) is 19.8. The number of nitrogens with zero attached hydrogens (tertiary/aromatic N) is 1. The number of hydrogen-bond donors (Lipinski definition) is 1.